The Kier molecular flexibility index (Phi) is 5.88. The minimum Gasteiger partial charge on any atom is -0.377 e. The first-order valence-electron chi connectivity index (χ1n) is 9.22. The van der Waals surface area contributed by atoms with Crippen LogP contribution in [0.1, 0.15) is 46.9 Å². The average molecular weight is 382 g/mol. The molecule has 0 bridgehead atoms. The number of nitro groups is 1. The van der Waals surface area contributed by atoms with Crippen LogP contribution in [0.25, 0.3) is 0 Å². The van der Waals surface area contributed by atoms with Crippen molar-refractivity contribution in [3.8, 4) is 0 Å². The van der Waals surface area contributed by atoms with E-state index in [4.69, 9.17) is 0 Å². The highest BCUT2D eigenvalue weighted by atomic mass is 16.6. The van der Waals surface area contributed by atoms with Crippen molar-refractivity contribution in [3.05, 3.63) is 63.7 Å². The Bertz CT molecular complexity index is 892. The lowest BCUT2D eigenvalue weighted by Gasteiger charge is -2.09. The molecule has 8 heteroatoms. The molecule has 0 unspecified atom stereocenters. The smallest absolute Gasteiger partial charge is 0.293 e. The monoisotopic (exact) mass is 382 g/mol. The lowest BCUT2D eigenvalue weighted by molar-refractivity contribution is -0.384. The number of nitrogens with zero attached hydrogens (tertiary/aromatic N) is 1. The summed E-state index contributed by atoms with van der Waals surface area (Å²) in [4.78, 5) is 35.2. The number of anilines is 2. The largest absolute Gasteiger partial charge is 0.377 e. The van der Waals surface area contributed by atoms with Gasteiger partial charge in [0.05, 0.1) is 4.92 Å². The van der Waals surface area contributed by atoms with Crippen molar-refractivity contribution in [2.45, 2.75) is 32.2 Å². The van der Waals surface area contributed by atoms with Gasteiger partial charge in [-0.2, -0.15) is 0 Å². The molecule has 3 N–H and O–H groups in total. The molecule has 1 aliphatic carbocycles. The van der Waals surface area contributed by atoms with E-state index in [1.54, 1.807) is 36.4 Å². The summed E-state index contributed by atoms with van der Waals surface area (Å²) in [5.41, 5.74) is 1.49. The molecule has 0 aliphatic heterocycles. The van der Waals surface area contributed by atoms with Crippen LogP contribution in [-0.2, 0) is 0 Å². The molecule has 2 aromatic carbocycles. The Morgan fingerprint density at radius 1 is 1.07 bits per heavy atom. The normalized spacial score (nSPS) is 12.9. The summed E-state index contributed by atoms with van der Waals surface area (Å²) >= 11 is 0. The molecular formula is C20H22N4O4. The molecule has 146 valence electrons. The van der Waals surface area contributed by atoms with Gasteiger partial charge in [0, 0.05) is 35.5 Å². The number of amides is 2. The second-order valence-electron chi connectivity index (χ2n) is 6.70. The minimum absolute atomic E-state index is 0.123. The molecule has 3 rings (SSSR count). The third kappa shape index (κ3) is 4.85. The Balaban J connectivity index is 1.69. The lowest BCUT2D eigenvalue weighted by Crippen LogP contribution is -2.23. The van der Waals surface area contributed by atoms with Gasteiger partial charge in [-0.15, -0.1) is 0 Å². The average Bonchev–Trinajstić information content (AvgIpc) is 3.50. The molecule has 0 heterocycles. The van der Waals surface area contributed by atoms with Gasteiger partial charge in [0.15, 0.2) is 0 Å². The highest BCUT2D eigenvalue weighted by Gasteiger charge is 2.25. The van der Waals surface area contributed by atoms with Gasteiger partial charge in [0.2, 0.25) is 0 Å². The van der Waals surface area contributed by atoms with Crippen LogP contribution in [0.2, 0.25) is 0 Å². The summed E-state index contributed by atoms with van der Waals surface area (Å²) in [7, 11) is 0. The molecule has 1 saturated carbocycles. The summed E-state index contributed by atoms with van der Waals surface area (Å²) < 4.78 is 0. The maximum Gasteiger partial charge on any atom is 0.293 e. The number of hydrogen-bond donors (Lipinski definition) is 3. The van der Waals surface area contributed by atoms with Gasteiger partial charge >= 0.3 is 0 Å². The first kappa shape index (κ1) is 19.3. The van der Waals surface area contributed by atoms with E-state index in [0.717, 1.165) is 19.3 Å². The van der Waals surface area contributed by atoms with E-state index in [1.165, 1.54) is 6.07 Å². The molecule has 8 nitrogen and oxygen atoms in total. The van der Waals surface area contributed by atoms with Gasteiger partial charge in [-0.25, -0.2) is 0 Å². The van der Waals surface area contributed by atoms with E-state index >= 15 is 0 Å². The number of hydrogen-bond acceptors (Lipinski definition) is 5. The van der Waals surface area contributed by atoms with Crippen LogP contribution < -0.4 is 16.0 Å². The molecular weight excluding hydrogens is 360 g/mol. The van der Waals surface area contributed by atoms with E-state index in [1.807, 2.05) is 6.92 Å². The molecule has 0 atom stereocenters. The van der Waals surface area contributed by atoms with Crippen molar-refractivity contribution >= 4 is 28.9 Å². The predicted molar refractivity (Wildman–Crippen MR) is 107 cm³/mol. The van der Waals surface area contributed by atoms with Crippen LogP contribution in [0.4, 0.5) is 17.1 Å². The van der Waals surface area contributed by atoms with E-state index in [0.29, 0.717) is 23.5 Å². The zero-order valence-corrected chi connectivity index (χ0v) is 15.5. The Labute approximate surface area is 162 Å². The third-order valence-corrected chi connectivity index (χ3v) is 4.33. The molecule has 28 heavy (non-hydrogen) atoms. The Morgan fingerprint density at radius 2 is 1.75 bits per heavy atom. The maximum atomic E-state index is 12.5. The summed E-state index contributed by atoms with van der Waals surface area (Å²) in [5, 5.41) is 19.9. The van der Waals surface area contributed by atoms with Crippen molar-refractivity contribution < 1.29 is 14.5 Å². The molecule has 2 aromatic rings. The number of carbonyl (C=O) groups excluding carboxylic acids is 2. The van der Waals surface area contributed by atoms with Gasteiger partial charge in [-0.3, -0.25) is 19.7 Å². The Morgan fingerprint density at radius 3 is 2.36 bits per heavy atom. The van der Waals surface area contributed by atoms with E-state index < -0.39 is 10.8 Å². The number of carbonyl (C=O) groups is 2. The summed E-state index contributed by atoms with van der Waals surface area (Å²) in [5.74, 6) is -0.627. The summed E-state index contributed by atoms with van der Waals surface area (Å²) in [6, 6.07) is 11.1. The van der Waals surface area contributed by atoms with Crippen LogP contribution in [0.15, 0.2) is 42.5 Å². The molecule has 2 amide bonds. The fourth-order valence-corrected chi connectivity index (χ4v) is 2.64. The highest BCUT2D eigenvalue weighted by Crippen LogP contribution is 2.31. The number of rotatable bonds is 8. The topological polar surface area (TPSA) is 113 Å². The van der Waals surface area contributed by atoms with Crippen molar-refractivity contribution in [2.75, 3.05) is 17.2 Å². The molecule has 1 fully saturated rings. The number of nitrogens with one attached hydrogen (secondary N) is 3. The van der Waals surface area contributed by atoms with Gasteiger partial charge in [0.1, 0.15) is 5.69 Å². The van der Waals surface area contributed by atoms with Crippen molar-refractivity contribution in [3.63, 3.8) is 0 Å². The number of benzene rings is 2. The first-order valence-corrected chi connectivity index (χ1v) is 9.22. The summed E-state index contributed by atoms with van der Waals surface area (Å²) in [6.45, 7) is 2.57. The second kappa shape index (κ2) is 8.51. The van der Waals surface area contributed by atoms with Crippen LogP contribution in [0.3, 0.4) is 0 Å². The van der Waals surface area contributed by atoms with Crippen LogP contribution in [-0.4, -0.2) is 29.3 Å². The minimum atomic E-state index is -0.495. The second-order valence-corrected chi connectivity index (χ2v) is 6.70. The third-order valence-electron chi connectivity index (χ3n) is 4.33. The summed E-state index contributed by atoms with van der Waals surface area (Å²) in [6.07, 6.45) is 2.83. The quantitative estimate of drug-likeness (QED) is 0.477. The zero-order chi connectivity index (χ0) is 20.1. The standard InChI is InChI=1S/C20H22N4O4/c1-2-11-21-19(25)13-3-6-16(7-4-13)23-20(26)14-5-10-17(22-15-8-9-15)18(12-14)24(27)28/h3-7,10,12,15,22H,2,8-9,11H2,1H3,(H,21,25)(H,23,26). The van der Waals surface area contributed by atoms with Crippen LogP contribution >= 0.6 is 0 Å². The van der Waals surface area contributed by atoms with Crippen molar-refractivity contribution in [1.29, 1.82) is 0 Å². The zero-order valence-electron chi connectivity index (χ0n) is 15.5. The maximum absolute atomic E-state index is 12.5. The van der Waals surface area contributed by atoms with E-state index in [9.17, 15) is 19.7 Å². The molecule has 1 aliphatic rings. The first-order chi connectivity index (χ1) is 13.5. The number of nitro benzene ring substituents is 1. The van der Waals surface area contributed by atoms with Gasteiger partial charge < -0.3 is 16.0 Å². The SMILES string of the molecule is CCCNC(=O)c1ccc(NC(=O)c2ccc(NC3CC3)c([N+](=O)[O-])c2)cc1. The van der Waals surface area contributed by atoms with E-state index in [-0.39, 0.29) is 23.2 Å². The lowest BCUT2D eigenvalue weighted by atomic mass is 10.1. The molecule has 0 spiro atoms. The molecule has 0 saturated heterocycles. The van der Waals surface area contributed by atoms with Gasteiger partial charge in [-0.1, -0.05) is 6.92 Å². The highest BCUT2D eigenvalue weighted by molar-refractivity contribution is 6.05. The van der Waals surface area contributed by atoms with E-state index in [2.05, 4.69) is 16.0 Å². The fourth-order valence-electron chi connectivity index (χ4n) is 2.64. The predicted octanol–water partition coefficient (Wildman–Crippen LogP) is 3.56. The Hall–Kier alpha value is -3.42. The van der Waals surface area contributed by atoms with Gasteiger partial charge in [0.25, 0.3) is 17.5 Å². The van der Waals surface area contributed by atoms with Crippen molar-refractivity contribution in [2.24, 2.45) is 0 Å². The van der Waals surface area contributed by atoms with Crippen LogP contribution in [0, 0.1) is 10.1 Å². The van der Waals surface area contributed by atoms with Gasteiger partial charge in [-0.05, 0) is 55.7 Å². The van der Waals surface area contributed by atoms with Crippen LogP contribution in [0.5, 0.6) is 0 Å². The molecule has 0 aromatic heterocycles. The molecule has 0 radical (unpaired) electrons. The fraction of sp³-hybridized carbons (Fsp3) is 0.300. The van der Waals surface area contributed by atoms with Crippen molar-refractivity contribution in [1.82, 2.24) is 5.32 Å².